The third-order valence-corrected chi connectivity index (χ3v) is 4.09. The van der Waals surface area contributed by atoms with Crippen LogP contribution in [0.3, 0.4) is 0 Å². The van der Waals surface area contributed by atoms with Crippen LogP contribution in [0.25, 0.3) is 0 Å². The van der Waals surface area contributed by atoms with Crippen molar-refractivity contribution in [1.29, 1.82) is 0 Å². The van der Waals surface area contributed by atoms with E-state index in [4.69, 9.17) is 9.15 Å². The first-order chi connectivity index (χ1) is 11.6. The molecule has 1 aliphatic carbocycles. The summed E-state index contributed by atoms with van der Waals surface area (Å²) in [4.78, 5) is 12.1. The lowest BCUT2D eigenvalue weighted by atomic mass is 9.95. The molecule has 0 unspecified atom stereocenters. The van der Waals surface area contributed by atoms with Crippen molar-refractivity contribution in [3.8, 4) is 5.75 Å². The highest BCUT2D eigenvalue weighted by Gasteiger charge is 2.19. The van der Waals surface area contributed by atoms with E-state index in [9.17, 15) is 13.6 Å². The summed E-state index contributed by atoms with van der Waals surface area (Å²) in [5.41, 5.74) is 0. The molecule has 1 saturated carbocycles. The number of carbonyl (C=O) groups is 1. The second-order valence-electron chi connectivity index (χ2n) is 5.94. The molecule has 0 saturated heterocycles. The number of amides is 1. The van der Waals surface area contributed by atoms with Crippen LogP contribution in [0, 0.1) is 11.6 Å². The van der Waals surface area contributed by atoms with Crippen LogP contribution in [0.15, 0.2) is 34.7 Å². The lowest BCUT2D eigenvalue weighted by molar-refractivity contribution is 0.0895. The predicted molar refractivity (Wildman–Crippen MR) is 83.7 cm³/mol. The molecule has 1 aromatic carbocycles. The van der Waals surface area contributed by atoms with Crippen molar-refractivity contribution in [3.63, 3.8) is 0 Å². The van der Waals surface area contributed by atoms with Gasteiger partial charge >= 0.3 is 0 Å². The van der Waals surface area contributed by atoms with Crippen LogP contribution in [0.5, 0.6) is 5.75 Å². The normalized spacial score (nSPS) is 15.2. The Bertz CT molecular complexity index is 708. The van der Waals surface area contributed by atoms with E-state index in [2.05, 4.69) is 5.32 Å². The van der Waals surface area contributed by atoms with E-state index >= 15 is 0 Å². The van der Waals surface area contributed by atoms with E-state index in [1.165, 1.54) is 12.5 Å². The molecule has 1 N–H and O–H groups in total. The van der Waals surface area contributed by atoms with E-state index < -0.39 is 11.6 Å². The summed E-state index contributed by atoms with van der Waals surface area (Å²) in [5.74, 6) is -1.16. The van der Waals surface area contributed by atoms with Gasteiger partial charge in [0.25, 0.3) is 5.91 Å². The van der Waals surface area contributed by atoms with Crippen LogP contribution in [0.2, 0.25) is 0 Å². The van der Waals surface area contributed by atoms with Crippen molar-refractivity contribution in [2.24, 2.45) is 0 Å². The average Bonchev–Trinajstić information content (AvgIpc) is 3.04. The van der Waals surface area contributed by atoms with Gasteiger partial charge in [-0.2, -0.15) is 0 Å². The molecule has 0 aliphatic heterocycles. The molecule has 3 rings (SSSR count). The monoisotopic (exact) mass is 335 g/mol. The SMILES string of the molecule is O=C(NC1CCCCC1)c1ccc(COc2ccc(F)cc2F)o1. The summed E-state index contributed by atoms with van der Waals surface area (Å²) in [6.07, 6.45) is 5.46. The number of hydrogen-bond acceptors (Lipinski definition) is 3. The van der Waals surface area contributed by atoms with Crippen molar-refractivity contribution in [3.05, 3.63) is 53.5 Å². The van der Waals surface area contributed by atoms with Crippen molar-refractivity contribution >= 4 is 5.91 Å². The topological polar surface area (TPSA) is 51.5 Å². The first-order valence-corrected chi connectivity index (χ1v) is 8.09. The maximum atomic E-state index is 13.5. The van der Waals surface area contributed by atoms with Crippen LogP contribution < -0.4 is 10.1 Å². The van der Waals surface area contributed by atoms with Gasteiger partial charge in [0.15, 0.2) is 17.3 Å². The molecule has 4 nitrogen and oxygen atoms in total. The number of carbonyl (C=O) groups excluding carboxylic acids is 1. The second kappa shape index (κ2) is 7.47. The van der Waals surface area contributed by atoms with Crippen LogP contribution in [-0.4, -0.2) is 11.9 Å². The zero-order valence-corrected chi connectivity index (χ0v) is 13.2. The smallest absolute Gasteiger partial charge is 0.287 e. The van der Waals surface area contributed by atoms with Gasteiger partial charge in [-0.15, -0.1) is 0 Å². The van der Waals surface area contributed by atoms with E-state index in [1.54, 1.807) is 12.1 Å². The third kappa shape index (κ3) is 4.13. The van der Waals surface area contributed by atoms with Gasteiger partial charge in [-0.1, -0.05) is 19.3 Å². The first-order valence-electron chi connectivity index (χ1n) is 8.09. The number of furan rings is 1. The molecule has 0 bridgehead atoms. The minimum atomic E-state index is -0.781. The van der Waals surface area contributed by atoms with Gasteiger partial charge in [0.1, 0.15) is 18.2 Å². The summed E-state index contributed by atoms with van der Waals surface area (Å²) in [5, 5.41) is 2.96. The molecule has 1 fully saturated rings. The maximum Gasteiger partial charge on any atom is 0.287 e. The molecule has 1 heterocycles. The fraction of sp³-hybridized carbons (Fsp3) is 0.389. The number of rotatable bonds is 5. The zero-order chi connectivity index (χ0) is 16.9. The maximum absolute atomic E-state index is 13.5. The summed E-state index contributed by atoms with van der Waals surface area (Å²) in [6, 6.07) is 6.45. The Hall–Kier alpha value is -2.37. The first kappa shape index (κ1) is 16.5. The summed E-state index contributed by atoms with van der Waals surface area (Å²) in [7, 11) is 0. The number of nitrogens with one attached hydrogen (secondary N) is 1. The third-order valence-electron chi connectivity index (χ3n) is 4.09. The molecule has 0 atom stereocenters. The van der Waals surface area contributed by atoms with Crippen LogP contribution in [-0.2, 0) is 6.61 Å². The molecule has 1 aromatic heterocycles. The number of hydrogen-bond donors (Lipinski definition) is 1. The Balaban J connectivity index is 1.55. The summed E-state index contributed by atoms with van der Waals surface area (Å²) >= 11 is 0. The highest BCUT2D eigenvalue weighted by molar-refractivity contribution is 5.91. The fourth-order valence-electron chi connectivity index (χ4n) is 2.82. The van der Waals surface area contributed by atoms with E-state index in [0.29, 0.717) is 5.76 Å². The van der Waals surface area contributed by atoms with Gasteiger partial charge in [0.05, 0.1) is 0 Å². The predicted octanol–water partition coefficient (Wildman–Crippen LogP) is 4.20. The van der Waals surface area contributed by atoms with Gasteiger partial charge in [-0.3, -0.25) is 4.79 Å². The van der Waals surface area contributed by atoms with E-state index in [1.807, 2.05) is 0 Å². The molecule has 128 valence electrons. The van der Waals surface area contributed by atoms with Crippen LogP contribution in [0.1, 0.15) is 48.4 Å². The Labute approximate surface area is 138 Å². The quantitative estimate of drug-likeness (QED) is 0.891. The molecule has 1 amide bonds. The highest BCUT2D eigenvalue weighted by Crippen LogP contribution is 2.20. The van der Waals surface area contributed by atoms with Crippen LogP contribution in [0.4, 0.5) is 8.78 Å². The Morgan fingerprint density at radius 3 is 2.71 bits per heavy atom. The average molecular weight is 335 g/mol. The molecular formula is C18H19F2NO3. The van der Waals surface area contributed by atoms with Crippen molar-refractivity contribution in [1.82, 2.24) is 5.32 Å². The standard InChI is InChI=1S/C18H19F2NO3/c19-12-6-8-16(15(20)10-12)23-11-14-7-9-17(24-14)18(22)21-13-4-2-1-3-5-13/h6-10,13H,1-5,11H2,(H,21,22). The minimum absolute atomic E-state index is 0.0424. The van der Waals surface area contributed by atoms with Gasteiger partial charge in [0.2, 0.25) is 0 Å². The summed E-state index contributed by atoms with van der Waals surface area (Å²) in [6.45, 7) is -0.0424. The largest absolute Gasteiger partial charge is 0.483 e. The lowest BCUT2D eigenvalue weighted by Gasteiger charge is -2.22. The fourth-order valence-corrected chi connectivity index (χ4v) is 2.82. The molecular weight excluding hydrogens is 316 g/mol. The Morgan fingerprint density at radius 2 is 1.96 bits per heavy atom. The van der Waals surface area contributed by atoms with Crippen LogP contribution >= 0.6 is 0 Å². The van der Waals surface area contributed by atoms with E-state index in [0.717, 1.165) is 37.8 Å². The lowest BCUT2D eigenvalue weighted by Crippen LogP contribution is -2.35. The van der Waals surface area contributed by atoms with Crippen molar-refractivity contribution in [2.75, 3.05) is 0 Å². The number of benzene rings is 1. The number of halogens is 2. The number of ether oxygens (including phenoxy) is 1. The van der Waals surface area contributed by atoms with Crippen molar-refractivity contribution in [2.45, 2.75) is 44.8 Å². The Morgan fingerprint density at radius 1 is 1.17 bits per heavy atom. The molecule has 0 spiro atoms. The van der Waals surface area contributed by atoms with Gasteiger partial charge in [0, 0.05) is 12.1 Å². The molecule has 0 radical (unpaired) electrons. The molecule has 2 aromatic rings. The molecule has 1 aliphatic rings. The van der Waals surface area contributed by atoms with Crippen molar-refractivity contribution < 1.29 is 22.7 Å². The highest BCUT2D eigenvalue weighted by atomic mass is 19.1. The molecule has 24 heavy (non-hydrogen) atoms. The Kier molecular flexibility index (Phi) is 5.13. The minimum Gasteiger partial charge on any atom is -0.483 e. The second-order valence-corrected chi connectivity index (χ2v) is 5.94. The van der Waals surface area contributed by atoms with E-state index in [-0.39, 0.29) is 30.1 Å². The summed E-state index contributed by atoms with van der Waals surface area (Å²) < 4.78 is 37.0. The van der Waals surface area contributed by atoms with Gasteiger partial charge < -0.3 is 14.5 Å². The molecule has 6 heteroatoms. The zero-order valence-electron chi connectivity index (χ0n) is 13.2. The van der Waals surface area contributed by atoms with Gasteiger partial charge in [-0.05, 0) is 37.1 Å². The van der Waals surface area contributed by atoms with Gasteiger partial charge in [-0.25, -0.2) is 8.78 Å².